The van der Waals surface area contributed by atoms with Gasteiger partial charge in [-0.25, -0.2) is 15.0 Å². The molecule has 296 valence electrons. The standard InChI is InChI=1S/C36H42FN11O6S2/c37-56(52,53)28-8-5-24(6-9-28)7-10-33(50)48-23-27(45-46-38)17-30(48)35(51)39-11-14-54-15-12-40-36-41-19-25(20-42-36)21-47-13-1-3-26(22-47)34-43-29(18-32(49)44-34)31-4-2-16-55-31/h2,4-6,8-9,16,18-20,26-27,30H,1,3,7,10-15,17,21-23H2,(H,39,51)(H,40,41,42)(H,43,44,49)/t26?,27-,30-/m0/s1. The molecular formula is C36H42FN11O6S2. The van der Waals surface area contributed by atoms with E-state index < -0.39 is 33.1 Å². The normalized spacial score (nSPS) is 18.7. The Morgan fingerprint density at radius 2 is 1.89 bits per heavy atom. The van der Waals surface area contributed by atoms with Crippen LogP contribution in [0.15, 0.2) is 75.0 Å². The summed E-state index contributed by atoms with van der Waals surface area (Å²) in [6.07, 6.45) is 5.95. The van der Waals surface area contributed by atoms with Crippen LogP contribution in [0, 0.1) is 0 Å². The number of piperidine rings is 1. The molecule has 3 N–H and O–H groups in total. The first-order valence-corrected chi connectivity index (χ1v) is 20.5. The van der Waals surface area contributed by atoms with E-state index in [0.29, 0.717) is 36.9 Å². The van der Waals surface area contributed by atoms with Crippen molar-refractivity contribution in [1.82, 2.24) is 35.1 Å². The second-order valence-electron chi connectivity index (χ2n) is 13.6. The van der Waals surface area contributed by atoms with Crippen molar-refractivity contribution in [3.63, 3.8) is 0 Å². The number of aromatic amines is 1. The molecule has 2 aliphatic rings. The lowest BCUT2D eigenvalue weighted by atomic mass is 9.96. The highest BCUT2D eigenvalue weighted by Crippen LogP contribution is 2.28. The number of aromatic nitrogens is 4. The molecule has 20 heteroatoms. The van der Waals surface area contributed by atoms with Gasteiger partial charge in [0.2, 0.25) is 17.8 Å². The van der Waals surface area contributed by atoms with E-state index in [1.165, 1.54) is 17.0 Å². The largest absolute Gasteiger partial charge is 0.378 e. The molecule has 2 aliphatic heterocycles. The van der Waals surface area contributed by atoms with Crippen LogP contribution in [0.1, 0.15) is 48.6 Å². The smallest absolute Gasteiger partial charge is 0.332 e. The SMILES string of the molecule is [N-]=[N+]=N[C@H]1C[C@@H](C(=O)NCCOCCNc2ncc(CN3CCCC(c4nc(-c5cccs5)cc(=O)[nH]4)C3)cn2)N(C(=O)CCc2ccc(S(=O)(=O)F)cc2)C1. The lowest BCUT2D eigenvalue weighted by molar-refractivity contribution is -0.138. The molecule has 17 nitrogen and oxygen atoms in total. The molecule has 5 heterocycles. The van der Waals surface area contributed by atoms with E-state index in [9.17, 15) is 26.7 Å². The van der Waals surface area contributed by atoms with E-state index in [1.54, 1.807) is 29.8 Å². The molecule has 2 fully saturated rings. The van der Waals surface area contributed by atoms with E-state index in [0.717, 1.165) is 54.3 Å². The molecule has 0 aliphatic carbocycles. The number of carbonyl (C=O) groups is 2. The van der Waals surface area contributed by atoms with Gasteiger partial charge in [0.1, 0.15) is 11.9 Å². The van der Waals surface area contributed by atoms with Gasteiger partial charge >= 0.3 is 10.2 Å². The fraction of sp³-hybridized carbons (Fsp3) is 0.444. The fourth-order valence-electron chi connectivity index (χ4n) is 6.84. The molecule has 2 amide bonds. The van der Waals surface area contributed by atoms with E-state index in [1.807, 2.05) is 17.5 Å². The maximum Gasteiger partial charge on any atom is 0.332 e. The predicted molar refractivity (Wildman–Crippen MR) is 206 cm³/mol. The molecule has 0 saturated carbocycles. The van der Waals surface area contributed by atoms with Crippen LogP contribution in [-0.2, 0) is 37.5 Å². The van der Waals surface area contributed by atoms with Crippen LogP contribution in [0.2, 0.25) is 0 Å². The van der Waals surface area contributed by atoms with Gasteiger partial charge in [0.25, 0.3) is 5.56 Å². The van der Waals surface area contributed by atoms with Crippen molar-refractivity contribution in [2.24, 2.45) is 5.11 Å². The third-order valence-electron chi connectivity index (χ3n) is 9.56. The van der Waals surface area contributed by atoms with E-state index >= 15 is 0 Å². The average molecular weight is 808 g/mol. The van der Waals surface area contributed by atoms with Crippen LogP contribution < -0.4 is 16.2 Å². The summed E-state index contributed by atoms with van der Waals surface area (Å²) in [5.74, 6) is 0.575. The maximum atomic E-state index is 13.2. The van der Waals surface area contributed by atoms with Crippen molar-refractivity contribution in [3.05, 3.63) is 98.0 Å². The van der Waals surface area contributed by atoms with Crippen LogP contribution in [0.3, 0.4) is 0 Å². The summed E-state index contributed by atoms with van der Waals surface area (Å²) in [6.45, 7) is 3.63. The number of amides is 2. The van der Waals surface area contributed by atoms with Crippen molar-refractivity contribution in [1.29, 1.82) is 0 Å². The lowest BCUT2D eigenvalue weighted by Crippen LogP contribution is -2.46. The molecule has 0 spiro atoms. The summed E-state index contributed by atoms with van der Waals surface area (Å²) in [4.78, 5) is 62.2. The summed E-state index contributed by atoms with van der Waals surface area (Å²) >= 11 is 1.56. The minimum absolute atomic E-state index is 0.0179. The topological polar surface area (TPSA) is 228 Å². The fourth-order valence-corrected chi connectivity index (χ4v) is 7.99. The monoisotopic (exact) mass is 807 g/mol. The van der Waals surface area contributed by atoms with Gasteiger partial charge in [-0.3, -0.25) is 19.3 Å². The van der Waals surface area contributed by atoms with Gasteiger partial charge in [-0.05, 0) is 66.9 Å². The van der Waals surface area contributed by atoms with Crippen LogP contribution in [0.5, 0.6) is 0 Å². The van der Waals surface area contributed by atoms with Crippen molar-refractivity contribution >= 4 is 39.3 Å². The number of ether oxygens (including phenoxy) is 1. The van der Waals surface area contributed by atoms with E-state index in [4.69, 9.17) is 15.3 Å². The van der Waals surface area contributed by atoms with Gasteiger partial charge < -0.3 is 25.3 Å². The molecule has 56 heavy (non-hydrogen) atoms. The first-order chi connectivity index (χ1) is 27.1. The van der Waals surface area contributed by atoms with Crippen LogP contribution in [0.25, 0.3) is 21.0 Å². The van der Waals surface area contributed by atoms with E-state index in [-0.39, 0.29) is 56.3 Å². The molecule has 0 radical (unpaired) electrons. The highest BCUT2D eigenvalue weighted by atomic mass is 32.3. The number of carbonyl (C=O) groups excluding carboxylic acids is 2. The summed E-state index contributed by atoms with van der Waals surface area (Å²) in [5, 5.41) is 11.6. The summed E-state index contributed by atoms with van der Waals surface area (Å²) in [6, 6.07) is 9.20. The number of azide groups is 1. The minimum Gasteiger partial charge on any atom is -0.378 e. The van der Waals surface area contributed by atoms with Crippen LogP contribution >= 0.6 is 11.3 Å². The number of hydrogen-bond donors (Lipinski definition) is 3. The van der Waals surface area contributed by atoms with E-state index in [2.05, 4.69) is 40.5 Å². The highest BCUT2D eigenvalue weighted by Gasteiger charge is 2.38. The third kappa shape index (κ3) is 11.2. The first-order valence-electron chi connectivity index (χ1n) is 18.2. The van der Waals surface area contributed by atoms with Crippen molar-refractivity contribution in [2.75, 3.05) is 51.3 Å². The number of halogens is 1. The third-order valence-corrected chi connectivity index (χ3v) is 11.3. The number of nitrogens with zero attached hydrogens (tertiary/aromatic N) is 8. The molecule has 6 rings (SSSR count). The Bertz CT molecular complexity index is 2170. The Morgan fingerprint density at radius 3 is 2.62 bits per heavy atom. The molecule has 3 atom stereocenters. The Morgan fingerprint density at radius 1 is 1.11 bits per heavy atom. The predicted octanol–water partition coefficient (Wildman–Crippen LogP) is 3.78. The molecular weight excluding hydrogens is 766 g/mol. The van der Waals surface area contributed by atoms with Gasteiger partial charge in [-0.1, -0.05) is 23.3 Å². The zero-order chi connectivity index (χ0) is 39.5. The Balaban J connectivity index is 0.887. The Hall–Kier alpha value is -5.27. The van der Waals surface area contributed by atoms with Gasteiger partial charge in [0.15, 0.2) is 0 Å². The van der Waals surface area contributed by atoms with Crippen LogP contribution in [-0.4, -0.2) is 108 Å². The van der Waals surface area contributed by atoms with Gasteiger partial charge in [0.05, 0.1) is 34.7 Å². The molecule has 3 aromatic heterocycles. The number of rotatable bonds is 17. The lowest BCUT2D eigenvalue weighted by Gasteiger charge is -2.32. The number of thiophene rings is 1. The number of benzene rings is 1. The van der Waals surface area contributed by atoms with Crippen LogP contribution in [0.4, 0.5) is 9.83 Å². The van der Waals surface area contributed by atoms with Crippen molar-refractivity contribution in [3.8, 4) is 10.6 Å². The molecule has 1 aromatic carbocycles. The number of likely N-dealkylation sites (tertiary alicyclic amines) is 2. The van der Waals surface area contributed by atoms with Gasteiger partial charge in [-0.15, -0.1) is 15.2 Å². The number of hydrogen-bond acceptors (Lipinski definition) is 13. The maximum absolute atomic E-state index is 13.2. The molecule has 2 saturated heterocycles. The van der Waals surface area contributed by atoms with Gasteiger partial charge in [0, 0.05) is 74.0 Å². The highest BCUT2D eigenvalue weighted by molar-refractivity contribution is 7.86. The Labute approximate surface area is 326 Å². The zero-order valence-corrected chi connectivity index (χ0v) is 32.1. The number of aryl methyl sites for hydroxylation is 1. The Kier molecular flexibility index (Phi) is 13.7. The molecule has 4 aromatic rings. The summed E-state index contributed by atoms with van der Waals surface area (Å²) in [7, 11) is -4.82. The second-order valence-corrected chi connectivity index (χ2v) is 15.8. The quantitative estimate of drug-likeness (QED) is 0.0457. The minimum atomic E-state index is -4.82. The summed E-state index contributed by atoms with van der Waals surface area (Å²) in [5.41, 5.74) is 11.1. The molecule has 0 bridgehead atoms. The number of H-pyrrole nitrogens is 1. The first kappa shape index (κ1) is 40.4. The zero-order valence-electron chi connectivity index (χ0n) is 30.4. The average Bonchev–Trinajstić information content (AvgIpc) is 3.89. The van der Waals surface area contributed by atoms with Gasteiger partial charge in [-0.2, -0.15) is 8.42 Å². The summed E-state index contributed by atoms with van der Waals surface area (Å²) < 4.78 is 41.0. The van der Waals surface area contributed by atoms with Crippen molar-refractivity contribution in [2.45, 2.75) is 61.5 Å². The second kappa shape index (κ2) is 19.1. The molecule has 1 unspecified atom stereocenters. The van der Waals surface area contributed by atoms with Crippen molar-refractivity contribution < 1.29 is 26.6 Å². The number of nitrogens with one attached hydrogen (secondary N) is 3. The number of anilines is 1.